The SMILES string of the molecule is CCCNC(c1ccoc1)c1cccc(Cl)c1F. The number of halogens is 2. The van der Waals surface area contributed by atoms with Crippen LogP contribution in [0.15, 0.2) is 41.2 Å². The third-order valence-corrected chi connectivity index (χ3v) is 3.06. The highest BCUT2D eigenvalue weighted by atomic mass is 35.5. The van der Waals surface area contributed by atoms with Crippen molar-refractivity contribution < 1.29 is 8.81 Å². The van der Waals surface area contributed by atoms with E-state index in [9.17, 15) is 4.39 Å². The van der Waals surface area contributed by atoms with Crippen molar-refractivity contribution in [1.82, 2.24) is 5.32 Å². The quantitative estimate of drug-likeness (QED) is 0.880. The van der Waals surface area contributed by atoms with Gasteiger partial charge in [-0.2, -0.15) is 0 Å². The van der Waals surface area contributed by atoms with Crippen molar-refractivity contribution in [2.75, 3.05) is 6.54 Å². The summed E-state index contributed by atoms with van der Waals surface area (Å²) in [4.78, 5) is 0. The van der Waals surface area contributed by atoms with Crippen molar-refractivity contribution in [3.63, 3.8) is 0 Å². The molecule has 4 heteroatoms. The van der Waals surface area contributed by atoms with Crippen molar-refractivity contribution in [1.29, 1.82) is 0 Å². The van der Waals surface area contributed by atoms with Gasteiger partial charge >= 0.3 is 0 Å². The number of benzene rings is 1. The highest BCUT2D eigenvalue weighted by Crippen LogP contribution is 2.28. The molecule has 1 heterocycles. The Kier molecular flexibility index (Phi) is 4.39. The van der Waals surface area contributed by atoms with Crippen LogP contribution < -0.4 is 5.32 Å². The van der Waals surface area contributed by atoms with E-state index < -0.39 is 0 Å². The Morgan fingerprint density at radius 2 is 2.22 bits per heavy atom. The highest BCUT2D eigenvalue weighted by Gasteiger charge is 2.19. The summed E-state index contributed by atoms with van der Waals surface area (Å²) < 4.78 is 19.1. The van der Waals surface area contributed by atoms with E-state index in [2.05, 4.69) is 12.2 Å². The lowest BCUT2D eigenvalue weighted by Crippen LogP contribution is -2.23. The molecule has 0 saturated heterocycles. The molecule has 0 saturated carbocycles. The Bertz CT molecular complexity index is 499. The van der Waals surface area contributed by atoms with Gasteiger partial charge in [-0.1, -0.05) is 30.7 Å². The first-order valence-corrected chi connectivity index (χ1v) is 6.31. The van der Waals surface area contributed by atoms with Crippen LogP contribution in [0.5, 0.6) is 0 Å². The first-order valence-electron chi connectivity index (χ1n) is 5.93. The molecule has 2 aromatic rings. The summed E-state index contributed by atoms with van der Waals surface area (Å²) in [7, 11) is 0. The van der Waals surface area contributed by atoms with Crippen molar-refractivity contribution in [2.24, 2.45) is 0 Å². The molecule has 0 amide bonds. The van der Waals surface area contributed by atoms with Crippen LogP contribution in [0.25, 0.3) is 0 Å². The minimum atomic E-state index is -0.381. The number of nitrogens with one attached hydrogen (secondary N) is 1. The fraction of sp³-hybridized carbons (Fsp3) is 0.286. The third kappa shape index (κ3) is 2.74. The first-order chi connectivity index (χ1) is 8.74. The summed E-state index contributed by atoms with van der Waals surface area (Å²) in [6, 6.07) is 6.63. The molecule has 0 aliphatic heterocycles. The van der Waals surface area contributed by atoms with E-state index in [4.69, 9.17) is 16.0 Å². The minimum absolute atomic E-state index is 0.138. The summed E-state index contributed by atoms with van der Waals surface area (Å²) >= 11 is 5.83. The van der Waals surface area contributed by atoms with Crippen molar-refractivity contribution in [3.8, 4) is 0 Å². The van der Waals surface area contributed by atoms with Crippen LogP contribution in [0, 0.1) is 5.82 Å². The molecule has 96 valence electrons. The van der Waals surface area contributed by atoms with Gasteiger partial charge in [0.2, 0.25) is 0 Å². The van der Waals surface area contributed by atoms with E-state index in [0.717, 1.165) is 18.5 Å². The average Bonchev–Trinajstić information content (AvgIpc) is 2.88. The lowest BCUT2D eigenvalue weighted by atomic mass is 10.0. The molecule has 0 radical (unpaired) electrons. The lowest BCUT2D eigenvalue weighted by Gasteiger charge is -2.18. The Morgan fingerprint density at radius 1 is 1.39 bits per heavy atom. The van der Waals surface area contributed by atoms with E-state index >= 15 is 0 Å². The van der Waals surface area contributed by atoms with Crippen LogP contribution in [0.2, 0.25) is 5.02 Å². The van der Waals surface area contributed by atoms with Crippen LogP contribution in [0.1, 0.15) is 30.5 Å². The second-order valence-corrected chi connectivity index (χ2v) is 4.49. The summed E-state index contributed by atoms with van der Waals surface area (Å²) in [5.74, 6) is -0.381. The maximum atomic E-state index is 14.1. The third-order valence-electron chi connectivity index (χ3n) is 2.77. The van der Waals surface area contributed by atoms with Gasteiger partial charge in [-0.3, -0.25) is 0 Å². The van der Waals surface area contributed by atoms with Crippen molar-refractivity contribution in [3.05, 3.63) is 58.8 Å². The summed E-state index contributed by atoms with van der Waals surface area (Å²) in [5, 5.41) is 3.44. The van der Waals surface area contributed by atoms with Crippen LogP contribution >= 0.6 is 11.6 Å². The summed E-state index contributed by atoms with van der Waals surface area (Å²) in [6.07, 6.45) is 4.17. The zero-order valence-corrected chi connectivity index (χ0v) is 10.9. The Labute approximate surface area is 111 Å². The van der Waals surface area contributed by atoms with Crippen molar-refractivity contribution in [2.45, 2.75) is 19.4 Å². The minimum Gasteiger partial charge on any atom is -0.472 e. The second-order valence-electron chi connectivity index (χ2n) is 4.09. The van der Waals surface area contributed by atoms with E-state index in [-0.39, 0.29) is 16.9 Å². The van der Waals surface area contributed by atoms with Gasteiger partial charge in [-0.25, -0.2) is 4.39 Å². The molecule has 1 unspecified atom stereocenters. The molecule has 0 fully saturated rings. The Hall–Kier alpha value is -1.32. The van der Waals surface area contributed by atoms with Gasteiger partial charge in [0.1, 0.15) is 5.82 Å². The van der Waals surface area contributed by atoms with E-state index in [1.165, 1.54) is 0 Å². The lowest BCUT2D eigenvalue weighted by molar-refractivity contribution is 0.530. The molecule has 1 N–H and O–H groups in total. The largest absolute Gasteiger partial charge is 0.472 e. The topological polar surface area (TPSA) is 25.2 Å². The number of hydrogen-bond donors (Lipinski definition) is 1. The number of hydrogen-bond acceptors (Lipinski definition) is 2. The van der Waals surface area contributed by atoms with Gasteiger partial charge < -0.3 is 9.73 Å². The van der Waals surface area contributed by atoms with Crippen LogP contribution in [0.3, 0.4) is 0 Å². The van der Waals surface area contributed by atoms with Gasteiger partial charge in [0.25, 0.3) is 0 Å². The summed E-state index contributed by atoms with van der Waals surface area (Å²) in [5.41, 5.74) is 1.43. The predicted octanol–water partition coefficient (Wildman–Crippen LogP) is 4.16. The molecule has 2 nitrogen and oxygen atoms in total. The fourth-order valence-electron chi connectivity index (χ4n) is 1.88. The van der Waals surface area contributed by atoms with Crippen LogP contribution in [-0.4, -0.2) is 6.54 Å². The van der Waals surface area contributed by atoms with Crippen LogP contribution in [-0.2, 0) is 0 Å². The molecule has 1 aromatic heterocycles. The Balaban J connectivity index is 2.37. The molecule has 1 aromatic carbocycles. The van der Waals surface area contributed by atoms with Crippen molar-refractivity contribution >= 4 is 11.6 Å². The van der Waals surface area contributed by atoms with Crippen LogP contribution in [0.4, 0.5) is 4.39 Å². The Morgan fingerprint density at radius 3 is 2.89 bits per heavy atom. The van der Waals surface area contributed by atoms with E-state index in [1.807, 2.05) is 6.07 Å². The maximum Gasteiger partial charge on any atom is 0.146 e. The van der Waals surface area contributed by atoms with Gasteiger partial charge in [0.15, 0.2) is 0 Å². The fourth-order valence-corrected chi connectivity index (χ4v) is 2.06. The van der Waals surface area contributed by atoms with Gasteiger partial charge in [0.05, 0.1) is 23.6 Å². The average molecular weight is 268 g/mol. The zero-order chi connectivity index (χ0) is 13.0. The second kappa shape index (κ2) is 6.03. The molecular formula is C14H15ClFNO. The molecular weight excluding hydrogens is 253 g/mol. The zero-order valence-electron chi connectivity index (χ0n) is 10.1. The number of furan rings is 1. The summed E-state index contributed by atoms with van der Waals surface area (Å²) in [6.45, 7) is 2.86. The molecule has 0 aliphatic rings. The maximum absolute atomic E-state index is 14.1. The highest BCUT2D eigenvalue weighted by molar-refractivity contribution is 6.30. The molecule has 18 heavy (non-hydrogen) atoms. The normalized spacial score (nSPS) is 12.6. The van der Waals surface area contributed by atoms with Gasteiger partial charge in [-0.05, 0) is 25.1 Å². The van der Waals surface area contributed by atoms with E-state index in [0.29, 0.717) is 5.56 Å². The van der Waals surface area contributed by atoms with Gasteiger partial charge in [0, 0.05) is 11.1 Å². The number of rotatable bonds is 5. The molecule has 2 rings (SSSR count). The monoisotopic (exact) mass is 267 g/mol. The van der Waals surface area contributed by atoms with E-state index in [1.54, 1.807) is 30.7 Å². The molecule has 0 bridgehead atoms. The smallest absolute Gasteiger partial charge is 0.146 e. The molecule has 1 atom stereocenters. The standard InChI is InChI=1S/C14H15ClFNO/c1-2-7-17-14(10-6-8-18-9-10)11-4-3-5-12(15)13(11)16/h3-6,8-9,14,17H,2,7H2,1H3. The molecule has 0 aliphatic carbocycles. The molecule has 0 spiro atoms. The predicted molar refractivity (Wildman–Crippen MR) is 70.3 cm³/mol. The van der Waals surface area contributed by atoms with Gasteiger partial charge in [-0.15, -0.1) is 0 Å². The first kappa shape index (κ1) is 13.1.